The molecule has 0 radical (unpaired) electrons. The number of hydrogen-bond donors (Lipinski definition) is 1. The number of H-pyrrole nitrogens is 1. The molecule has 1 aromatic heterocycles. The van der Waals surface area contributed by atoms with E-state index >= 15 is 0 Å². The third-order valence-corrected chi connectivity index (χ3v) is 4.66. The van der Waals surface area contributed by atoms with E-state index < -0.39 is 0 Å². The number of rotatable bonds is 5. The summed E-state index contributed by atoms with van der Waals surface area (Å²) in [5.41, 5.74) is 0.544. The number of aromatic nitrogens is 2. The number of nitrogens with one attached hydrogen (secondary N) is 1. The van der Waals surface area contributed by atoms with Gasteiger partial charge >= 0.3 is 0 Å². The molecule has 1 fully saturated rings. The van der Waals surface area contributed by atoms with Crippen LogP contribution in [0.25, 0.3) is 10.9 Å². The van der Waals surface area contributed by atoms with E-state index in [4.69, 9.17) is 0 Å². The van der Waals surface area contributed by atoms with Gasteiger partial charge in [0, 0.05) is 25.4 Å². The van der Waals surface area contributed by atoms with Gasteiger partial charge < -0.3 is 9.88 Å². The van der Waals surface area contributed by atoms with E-state index in [1.165, 1.54) is 12.8 Å². The van der Waals surface area contributed by atoms with Crippen molar-refractivity contribution in [1.82, 2.24) is 14.9 Å². The average Bonchev–Trinajstić information content (AvgIpc) is 3.08. The Kier molecular flexibility index (Phi) is 4.74. The van der Waals surface area contributed by atoms with Crippen LogP contribution in [0, 0.1) is 0 Å². The van der Waals surface area contributed by atoms with Gasteiger partial charge in [-0.1, -0.05) is 25.0 Å². The molecule has 1 N–H and O–H groups in total. The second-order valence-corrected chi connectivity index (χ2v) is 6.15. The minimum atomic E-state index is -0.138. The maximum absolute atomic E-state index is 12.5. The zero-order valence-corrected chi connectivity index (χ0v) is 13.5. The van der Waals surface area contributed by atoms with E-state index in [9.17, 15) is 9.59 Å². The predicted octanol–water partition coefficient (Wildman–Crippen LogP) is 2.65. The zero-order chi connectivity index (χ0) is 16.2. The van der Waals surface area contributed by atoms with Crippen molar-refractivity contribution in [2.75, 3.05) is 6.54 Å². The van der Waals surface area contributed by atoms with E-state index in [1.807, 2.05) is 30.0 Å². The first-order valence-corrected chi connectivity index (χ1v) is 8.46. The van der Waals surface area contributed by atoms with E-state index in [0.29, 0.717) is 35.6 Å². The molecule has 1 heterocycles. The minimum absolute atomic E-state index is 0.138. The fourth-order valence-electron chi connectivity index (χ4n) is 3.48. The second kappa shape index (κ2) is 6.94. The summed E-state index contributed by atoms with van der Waals surface area (Å²) >= 11 is 0. The van der Waals surface area contributed by atoms with Crippen LogP contribution < -0.4 is 5.56 Å². The molecule has 5 heteroatoms. The quantitative estimate of drug-likeness (QED) is 0.923. The molecule has 1 aliphatic carbocycles. The number of para-hydroxylation sites is 1. The third-order valence-electron chi connectivity index (χ3n) is 4.66. The Morgan fingerprint density at radius 3 is 2.78 bits per heavy atom. The van der Waals surface area contributed by atoms with Crippen molar-refractivity contribution in [3.05, 3.63) is 40.4 Å². The summed E-state index contributed by atoms with van der Waals surface area (Å²) in [6.45, 7) is 2.79. The second-order valence-electron chi connectivity index (χ2n) is 6.15. The molecular formula is C18H23N3O2. The summed E-state index contributed by atoms with van der Waals surface area (Å²) in [6.07, 6.45) is 5.53. The molecule has 1 saturated carbocycles. The van der Waals surface area contributed by atoms with E-state index in [-0.39, 0.29) is 11.5 Å². The van der Waals surface area contributed by atoms with Gasteiger partial charge in [0.05, 0.1) is 10.9 Å². The van der Waals surface area contributed by atoms with Gasteiger partial charge in [0.2, 0.25) is 5.91 Å². The Bertz CT molecular complexity index is 747. The van der Waals surface area contributed by atoms with Crippen molar-refractivity contribution in [3.8, 4) is 0 Å². The number of fused-ring (bicyclic) bond motifs is 1. The summed E-state index contributed by atoms with van der Waals surface area (Å²) in [4.78, 5) is 33.8. The van der Waals surface area contributed by atoms with Gasteiger partial charge in [-0.25, -0.2) is 4.98 Å². The van der Waals surface area contributed by atoms with Crippen LogP contribution in [0.15, 0.2) is 29.1 Å². The molecule has 0 aliphatic heterocycles. The van der Waals surface area contributed by atoms with Crippen molar-refractivity contribution >= 4 is 16.8 Å². The molecule has 2 aromatic rings. The van der Waals surface area contributed by atoms with Crippen molar-refractivity contribution < 1.29 is 4.79 Å². The van der Waals surface area contributed by atoms with Crippen molar-refractivity contribution in [2.45, 2.75) is 51.5 Å². The first-order chi connectivity index (χ1) is 11.2. The fraction of sp³-hybridized carbons (Fsp3) is 0.500. The Hall–Kier alpha value is -2.17. The first-order valence-electron chi connectivity index (χ1n) is 8.46. The molecule has 1 aliphatic rings. The van der Waals surface area contributed by atoms with Crippen LogP contribution >= 0.6 is 0 Å². The molecule has 0 saturated heterocycles. The van der Waals surface area contributed by atoms with Crippen LogP contribution in [0.4, 0.5) is 0 Å². The first kappa shape index (κ1) is 15.7. The lowest BCUT2D eigenvalue weighted by atomic mass is 10.1. The van der Waals surface area contributed by atoms with Gasteiger partial charge in [-0.3, -0.25) is 9.59 Å². The van der Waals surface area contributed by atoms with E-state index in [0.717, 1.165) is 19.4 Å². The number of carbonyl (C=O) groups is 1. The Balaban J connectivity index is 1.70. The van der Waals surface area contributed by atoms with Gasteiger partial charge in [0.15, 0.2) is 0 Å². The highest BCUT2D eigenvalue weighted by Gasteiger charge is 2.25. The molecule has 0 bridgehead atoms. The smallest absolute Gasteiger partial charge is 0.258 e. The summed E-state index contributed by atoms with van der Waals surface area (Å²) in [5, 5.41) is 0.587. The van der Waals surface area contributed by atoms with Gasteiger partial charge in [-0.2, -0.15) is 0 Å². The molecule has 0 spiro atoms. The van der Waals surface area contributed by atoms with Crippen LogP contribution in [-0.4, -0.2) is 33.4 Å². The van der Waals surface area contributed by atoms with Gasteiger partial charge in [0.1, 0.15) is 5.82 Å². The number of aromatic amines is 1. The lowest BCUT2D eigenvalue weighted by molar-refractivity contribution is -0.133. The van der Waals surface area contributed by atoms with E-state index in [2.05, 4.69) is 9.97 Å². The Labute approximate surface area is 135 Å². The summed E-state index contributed by atoms with van der Waals surface area (Å²) in [7, 11) is 0. The highest BCUT2D eigenvalue weighted by atomic mass is 16.2. The standard InChI is InChI=1S/C18H23N3O2/c1-2-21(13-7-3-4-8-13)17(22)12-11-16-19-15-10-6-5-9-14(15)18(23)20-16/h5-6,9-10,13H,2-4,7-8,11-12H2,1H3,(H,19,20,23). The van der Waals surface area contributed by atoms with Gasteiger partial charge in [-0.15, -0.1) is 0 Å². The molecule has 1 amide bonds. The highest BCUT2D eigenvalue weighted by Crippen LogP contribution is 2.24. The topological polar surface area (TPSA) is 66.1 Å². The molecule has 0 unspecified atom stereocenters. The van der Waals surface area contributed by atoms with Crippen molar-refractivity contribution in [1.29, 1.82) is 0 Å². The van der Waals surface area contributed by atoms with Crippen molar-refractivity contribution in [2.24, 2.45) is 0 Å². The van der Waals surface area contributed by atoms with Gasteiger partial charge in [-0.05, 0) is 31.9 Å². The number of benzene rings is 1. The van der Waals surface area contributed by atoms with Crippen LogP contribution in [0.2, 0.25) is 0 Å². The highest BCUT2D eigenvalue weighted by molar-refractivity contribution is 5.78. The number of nitrogens with zero attached hydrogens (tertiary/aromatic N) is 2. The van der Waals surface area contributed by atoms with Crippen molar-refractivity contribution in [3.63, 3.8) is 0 Å². The monoisotopic (exact) mass is 313 g/mol. The fourth-order valence-corrected chi connectivity index (χ4v) is 3.48. The number of aryl methyl sites for hydroxylation is 1. The molecule has 122 valence electrons. The number of amides is 1. The molecular weight excluding hydrogens is 290 g/mol. The summed E-state index contributed by atoms with van der Waals surface area (Å²) in [5.74, 6) is 0.750. The third kappa shape index (κ3) is 3.44. The van der Waals surface area contributed by atoms with Crippen LogP contribution in [0.5, 0.6) is 0 Å². The Morgan fingerprint density at radius 2 is 2.04 bits per heavy atom. The molecule has 5 nitrogen and oxygen atoms in total. The van der Waals surface area contributed by atoms with Crippen LogP contribution in [-0.2, 0) is 11.2 Å². The normalized spacial score (nSPS) is 15.2. The zero-order valence-electron chi connectivity index (χ0n) is 13.5. The maximum atomic E-state index is 12.5. The predicted molar refractivity (Wildman–Crippen MR) is 90.3 cm³/mol. The van der Waals surface area contributed by atoms with Crippen LogP contribution in [0.1, 0.15) is 44.9 Å². The maximum Gasteiger partial charge on any atom is 0.258 e. The van der Waals surface area contributed by atoms with Crippen LogP contribution in [0.3, 0.4) is 0 Å². The largest absolute Gasteiger partial charge is 0.340 e. The minimum Gasteiger partial charge on any atom is -0.340 e. The number of hydrogen-bond acceptors (Lipinski definition) is 3. The summed E-state index contributed by atoms with van der Waals surface area (Å²) < 4.78 is 0. The van der Waals surface area contributed by atoms with E-state index in [1.54, 1.807) is 6.07 Å². The molecule has 0 atom stereocenters. The molecule has 3 rings (SSSR count). The Morgan fingerprint density at radius 1 is 1.30 bits per heavy atom. The molecule has 1 aromatic carbocycles. The lowest BCUT2D eigenvalue weighted by Gasteiger charge is -2.27. The average molecular weight is 313 g/mol. The van der Waals surface area contributed by atoms with Gasteiger partial charge in [0.25, 0.3) is 5.56 Å². The lowest BCUT2D eigenvalue weighted by Crippen LogP contribution is -2.38. The SMILES string of the molecule is CCN(C(=O)CCc1nc2ccccc2c(=O)[nH]1)C1CCCC1. The molecule has 23 heavy (non-hydrogen) atoms. The summed E-state index contributed by atoms with van der Waals surface area (Å²) in [6, 6.07) is 7.67. The number of carbonyl (C=O) groups excluding carboxylic acids is 1.